The van der Waals surface area contributed by atoms with Gasteiger partial charge < -0.3 is 16.0 Å². The fourth-order valence-corrected chi connectivity index (χ4v) is 3.42. The average Bonchev–Trinajstić information content (AvgIpc) is 2.87. The molecular formula is C23H22F5N3O3. The van der Waals surface area contributed by atoms with E-state index in [1.165, 1.54) is 13.8 Å². The molecule has 11 heteroatoms. The number of hydrogen-bond donors (Lipinski definition) is 3. The van der Waals surface area contributed by atoms with E-state index in [4.69, 9.17) is 0 Å². The molecule has 0 radical (unpaired) electrons. The summed E-state index contributed by atoms with van der Waals surface area (Å²) in [5.41, 5.74) is 0.532. The number of carbonyl (C=O) groups excluding carboxylic acids is 3. The van der Waals surface area contributed by atoms with Gasteiger partial charge in [0.15, 0.2) is 0 Å². The maximum atomic E-state index is 13.1. The smallest absolute Gasteiger partial charge is 0.355 e. The molecule has 1 aliphatic heterocycles. The summed E-state index contributed by atoms with van der Waals surface area (Å²) in [6.45, 7) is 1.35. The van der Waals surface area contributed by atoms with Crippen molar-refractivity contribution in [3.8, 4) is 11.1 Å². The normalized spacial score (nSPS) is 16.0. The molecule has 34 heavy (non-hydrogen) atoms. The number of benzene rings is 2. The number of hydrogen-bond acceptors (Lipinski definition) is 3. The molecule has 1 atom stereocenters. The molecule has 0 unspecified atom stereocenters. The Kier molecular flexibility index (Phi) is 6.68. The lowest BCUT2D eigenvalue weighted by molar-refractivity contribution is -0.283. The minimum atomic E-state index is -5.75. The molecule has 3 amide bonds. The maximum Gasteiger partial charge on any atom is 0.453 e. The molecule has 3 rings (SSSR count). The van der Waals surface area contributed by atoms with Gasteiger partial charge in [-0.05, 0) is 31.0 Å². The van der Waals surface area contributed by atoms with Crippen LogP contribution in [-0.2, 0) is 14.4 Å². The van der Waals surface area contributed by atoms with Crippen LogP contribution in [0.4, 0.5) is 27.6 Å². The van der Waals surface area contributed by atoms with E-state index in [9.17, 15) is 36.3 Å². The summed E-state index contributed by atoms with van der Waals surface area (Å²) in [5.74, 6) is -7.52. The maximum absolute atomic E-state index is 13.1. The second kappa shape index (κ2) is 9.03. The predicted molar refractivity (Wildman–Crippen MR) is 114 cm³/mol. The molecule has 0 saturated carbocycles. The Balaban J connectivity index is 1.76. The fraction of sp³-hybridized carbons (Fsp3) is 0.348. The Labute approximate surface area is 191 Å². The van der Waals surface area contributed by atoms with Crippen molar-refractivity contribution in [2.45, 2.75) is 38.4 Å². The number of anilines is 1. The van der Waals surface area contributed by atoms with Gasteiger partial charge in [0.1, 0.15) is 11.5 Å². The highest BCUT2D eigenvalue weighted by Crippen LogP contribution is 2.38. The van der Waals surface area contributed by atoms with Crippen molar-refractivity contribution in [3.05, 3.63) is 54.1 Å². The van der Waals surface area contributed by atoms with E-state index in [0.717, 1.165) is 5.56 Å². The van der Waals surface area contributed by atoms with Crippen molar-refractivity contribution < 1.29 is 36.3 Å². The number of carbonyl (C=O) groups is 3. The minimum absolute atomic E-state index is 0.472. The first kappa shape index (κ1) is 25.1. The summed E-state index contributed by atoms with van der Waals surface area (Å²) in [4.78, 5) is 38.3. The lowest BCUT2D eigenvalue weighted by Crippen LogP contribution is -2.51. The van der Waals surface area contributed by atoms with Gasteiger partial charge in [-0.25, -0.2) is 0 Å². The highest BCUT2D eigenvalue weighted by molar-refractivity contribution is 6.08. The third kappa shape index (κ3) is 4.87. The minimum Gasteiger partial charge on any atom is -0.355 e. The molecule has 1 aliphatic rings. The zero-order valence-corrected chi connectivity index (χ0v) is 18.2. The molecule has 2 aromatic rings. The van der Waals surface area contributed by atoms with Crippen LogP contribution in [0, 0.1) is 5.41 Å². The molecule has 0 aliphatic carbocycles. The molecule has 0 saturated heterocycles. The Bertz CT molecular complexity index is 1120. The third-order valence-electron chi connectivity index (χ3n) is 5.56. The van der Waals surface area contributed by atoms with Crippen LogP contribution in [0.1, 0.15) is 31.9 Å². The zero-order valence-electron chi connectivity index (χ0n) is 18.2. The van der Waals surface area contributed by atoms with Crippen molar-refractivity contribution in [2.24, 2.45) is 5.41 Å². The van der Waals surface area contributed by atoms with E-state index < -0.39 is 54.2 Å². The summed E-state index contributed by atoms with van der Waals surface area (Å²) < 4.78 is 63.1. The molecule has 0 spiro atoms. The molecule has 2 aromatic carbocycles. The number of rotatable bonds is 6. The van der Waals surface area contributed by atoms with Crippen molar-refractivity contribution in [2.75, 3.05) is 11.9 Å². The molecule has 1 heterocycles. The number of amides is 3. The highest BCUT2D eigenvalue weighted by Gasteiger charge is 2.56. The van der Waals surface area contributed by atoms with E-state index in [-0.39, 0.29) is 0 Å². The van der Waals surface area contributed by atoms with E-state index >= 15 is 0 Å². The molecule has 182 valence electrons. The first-order chi connectivity index (χ1) is 15.8. The van der Waals surface area contributed by atoms with Crippen molar-refractivity contribution >= 4 is 23.4 Å². The number of alkyl halides is 5. The monoisotopic (exact) mass is 483 g/mol. The number of para-hydroxylation sites is 1. The van der Waals surface area contributed by atoms with Crippen LogP contribution in [0.3, 0.4) is 0 Å². The molecular weight excluding hydrogens is 461 g/mol. The third-order valence-corrected chi connectivity index (χ3v) is 5.56. The SMILES string of the molecule is CC(C)(C(=O)NCCC(F)(F)C(F)(F)F)C(=O)N[C@@H]1C(=O)Nc2ccccc2-c2ccccc21. The summed E-state index contributed by atoms with van der Waals surface area (Å²) in [5, 5.41) is 7.18. The van der Waals surface area contributed by atoms with E-state index in [1.54, 1.807) is 48.5 Å². The van der Waals surface area contributed by atoms with Crippen LogP contribution >= 0.6 is 0 Å². The van der Waals surface area contributed by atoms with E-state index in [0.29, 0.717) is 16.8 Å². The summed E-state index contributed by atoms with van der Waals surface area (Å²) in [7, 11) is 0. The van der Waals surface area contributed by atoms with Gasteiger partial charge in [-0.15, -0.1) is 0 Å². The van der Waals surface area contributed by atoms with Gasteiger partial charge in [-0.3, -0.25) is 14.4 Å². The van der Waals surface area contributed by atoms with E-state index in [1.807, 2.05) is 5.32 Å². The van der Waals surface area contributed by atoms with Crippen LogP contribution < -0.4 is 16.0 Å². The van der Waals surface area contributed by atoms with Gasteiger partial charge in [-0.2, -0.15) is 22.0 Å². The standard InChI is InChI=1S/C23H22F5N3O3/c1-21(2,19(33)29-12-11-22(24,25)23(26,27)28)20(34)31-17-15-9-4-3-7-13(15)14-8-5-6-10-16(14)30-18(17)32/h3-10,17H,11-12H2,1-2H3,(H,29,33)(H,30,32)(H,31,34)/t17-/m0/s1. The molecule has 0 bridgehead atoms. The van der Waals surface area contributed by atoms with E-state index in [2.05, 4.69) is 10.6 Å². The van der Waals surface area contributed by atoms with Gasteiger partial charge in [0.05, 0.1) is 0 Å². The van der Waals surface area contributed by atoms with Gasteiger partial charge in [0.2, 0.25) is 11.8 Å². The Morgan fingerprint density at radius 1 is 0.912 bits per heavy atom. The number of nitrogens with one attached hydrogen (secondary N) is 3. The quantitative estimate of drug-likeness (QED) is 0.425. The summed E-state index contributed by atoms with van der Waals surface area (Å²) in [6.07, 6.45) is -7.42. The second-order valence-electron chi connectivity index (χ2n) is 8.36. The molecule has 0 fully saturated rings. The van der Waals surface area contributed by atoms with Crippen LogP contribution in [0.5, 0.6) is 0 Å². The highest BCUT2D eigenvalue weighted by atomic mass is 19.4. The van der Waals surface area contributed by atoms with Crippen LogP contribution in [-0.4, -0.2) is 36.4 Å². The van der Waals surface area contributed by atoms with Crippen LogP contribution in [0.25, 0.3) is 11.1 Å². The summed E-state index contributed by atoms with van der Waals surface area (Å²) in [6, 6.07) is 12.7. The Morgan fingerprint density at radius 3 is 2.15 bits per heavy atom. The Hall–Kier alpha value is -3.50. The van der Waals surface area contributed by atoms with Crippen molar-refractivity contribution in [3.63, 3.8) is 0 Å². The fourth-order valence-electron chi connectivity index (χ4n) is 3.42. The Morgan fingerprint density at radius 2 is 1.50 bits per heavy atom. The number of fused-ring (bicyclic) bond motifs is 3. The first-order valence-corrected chi connectivity index (χ1v) is 10.3. The largest absolute Gasteiger partial charge is 0.453 e. The van der Waals surface area contributed by atoms with Crippen molar-refractivity contribution in [1.29, 1.82) is 0 Å². The topological polar surface area (TPSA) is 87.3 Å². The van der Waals surface area contributed by atoms with Crippen molar-refractivity contribution in [1.82, 2.24) is 10.6 Å². The number of halogens is 5. The van der Waals surface area contributed by atoms with Gasteiger partial charge >= 0.3 is 12.1 Å². The second-order valence-corrected chi connectivity index (χ2v) is 8.36. The molecule has 6 nitrogen and oxygen atoms in total. The van der Waals surface area contributed by atoms with Gasteiger partial charge in [-0.1, -0.05) is 42.5 Å². The van der Waals surface area contributed by atoms with Gasteiger partial charge in [0.25, 0.3) is 5.91 Å². The van der Waals surface area contributed by atoms with Gasteiger partial charge in [0, 0.05) is 24.2 Å². The zero-order chi connectivity index (χ0) is 25.3. The summed E-state index contributed by atoms with van der Waals surface area (Å²) >= 11 is 0. The first-order valence-electron chi connectivity index (χ1n) is 10.3. The van der Waals surface area contributed by atoms with Crippen LogP contribution in [0.2, 0.25) is 0 Å². The average molecular weight is 483 g/mol. The van der Waals surface area contributed by atoms with Crippen LogP contribution in [0.15, 0.2) is 48.5 Å². The lowest BCUT2D eigenvalue weighted by Gasteiger charge is -2.27. The lowest BCUT2D eigenvalue weighted by atomic mass is 9.89. The predicted octanol–water partition coefficient (Wildman–Crippen LogP) is 4.19. The molecule has 3 N–H and O–H groups in total. The molecule has 0 aromatic heterocycles.